The van der Waals surface area contributed by atoms with Crippen molar-refractivity contribution in [1.82, 2.24) is 0 Å². The first-order chi connectivity index (χ1) is 7.52. The van der Waals surface area contributed by atoms with Gasteiger partial charge in [-0.15, -0.1) is 0 Å². The molecule has 0 fully saturated rings. The van der Waals surface area contributed by atoms with E-state index in [4.69, 9.17) is 10.5 Å². The van der Waals surface area contributed by atoms with Crippen molar-refractivity contribution in [2.75, 3.05) is 24.7 Å². The maximum absolute atomic E-state index is 11.2. The Bertz CT molecular complexity index is 252. The van der Waals surface area contributed by atoms with Crippen LogP contribution in [0.3, 0.4) is 0 Å². The fourth-order valence-corrected chi connectivity index (χ4v) is 2.34. The fraction of sp³-hybridized carbons (Fsp3) is 1.00. The van der Waals surface area contributed by atoms with Crippen LogP contribution < -0.4 is 5.73 Å². The number of rotatable bonds is 10. The smallest absolute Gasteiger partial charge is 0.150 e. The molecule has 0 aromatic carbocycles. The molecule has 0 radical (unpaired) electrons. The van der Waals surface area contributed by atoms with Crippen LogP contribution in [0.1, 0.15) is 39.5 Å². The Morgan fingerprint density at radius 2 is 1.81 bits per heavy atom. The van der Waals surface area contributed by atoms with Crippen LogP contribution in [-0.4, -0.2) is 39.2 Å². The van der Waals surface area contributed by atoms with Crippen molar-refractivity contribution in [3.8, 4) is 0 Å². The molecule has 0 bridgehead atoms. The Labute approximate surface area is 99.5 Å². The molecular weight excluding hydrogens is 226 g/mol. The minimum absolute atomic E-state index is 0.104. The number of sulfone groups is 1. The lowest BCUT2D eigenvalue weighted by Gasteiger charge is -2.11. The zero-order valence-corrected chi connectivity index (χ0v) is 11.3. The molecule has 0 amide bonds. The van der Waals surface area contributed by atoms with Crippen molar-refractivity contribution in [1.29, 1.82) is 0 Å². The molecule has 0 saturated carbocycles. The maximum Gasteiger partial charge on any atom is 0.150 e. The lowest BCUT2D eigenvalue weighted by molar-refractivity contribution is 0.141. The first-order valence-corrected chi connectivity index (χ1v) is 7.87. The first-order valence-electron chi connectivity index (χ1n) is 6.05. The van der Waals surface area contributed by atoms with Crippen LogP contribution >= 0.6 is 0 Å². The van der Waals surface area contributed by atoms with Gasteiger partial charge in [-0.1, -0.05) is 6.92 Å². The molecule has 4 nitrogen and oxygen atoms in total. The summed E-state index contributed by atoms with van der Waals surface area (Å²) >= 11 is 0. The molecule has 1 unspecified atom stereocenters. The van der Waals surface area contributed by atoms with Crippen molar-refractivity contribution >= 4 is 9.84 Å². The Kier molecular flexibility index (Phi) is 8.89. The molecule has 0 spiro atoms. The van der Waals surface area contributed by atoms with E-state index in [9.17, 15) is 8.42 Å². The largest absolute Gasteiger partial charge is 0.382 e. The zero-order chi connectivity index (χ0) is 12.4. The van der Waals surface area contributed by atoms with Gasteiger partial charge >= 0.3 is 0 Å². The summed E-state index contributed by atoms with van der Waals surface area (Å²) in [6.45, 7) is 5.13. The minimum atomic E-state index is -2.82. The highest BCUT2D eigenvalue weighted by atomic mass is 32.2. The summed E-state index contributed by atoms with van der Waals surface area (Å²) in [6, 6.07) is 0.104. The molecule has 0 saturated heterocycles. The van der Waals surface area contributed by atoms with Crippen LogP contribution in [0.15, 0.2) is 0 Å². The predicted octanol–water partition coefficient (Wildman–Crippen LogP) is 1.35. The van der Waals surface area contributed by atoms with Gasteiger partial charge < -0.3 is 10.5 Å². The molecule has 0 rings (SSSR count). The fourth-order valence-electron chi connectivity index (χ4n) is 1.45. The number of ether oxygens (including phenoxy) is 1. The molecule has 98 valence electrons. The van der Waals surface area contributed by atoms with E-state index >= 15 is 0 Å². The molecule has 2 N–H and O–H groups in total. The standard InChI is InChI=1S/C11H25NO3S/c1-3-15-9-5-7-11(12)8-6-10-16(13,14)4-2/h11H,3-10,12H2,1-2H3. The van der Waals surface area contributed by atoms with Crippen molar-refractivity contribution in [3.05, 3.63) is 0 Å². The lowest BCUT2D eigenvalue weighted by atomic mass is 10.1. The van der Waals surface area contributed by atoms with Gasteiger partial charge in [0.05, 0.1) is 5.75 Å². The van der Waals surface area contributed by atoms with Gasteiger partial charge in [-0.05, 0) is 32.6 Å². The third-order valence-electron chi connectivity index (χ3n) is 2.54. The van der Waals surface area contributed by atoms with Crippen LogP contribution in [0.2, 0.25) is 0 Å². The molecule has 0 aliphatic heterocycles. The molecule has 16 heavy (non-hydrogen) atoms. The van der Waals surface area contributed by atoms with E-state index < -0.39 is 9.84 Å². The normalized spacial score (nSPS) is 13.9. The third-order valence-corrected chi connectivity index (χ3v) is 4.33. The van der Waals surface area contributed by atoms with Gasteiger partial charge in [0.1, 0.15) is 9.84 Å². The van der Waals surface area contributed by atoms with E-state index in [2.05, 4.69) is 0 Å². The van der Waals surface area contributed by atoms with E-state index in [0.29, 0.717) is 6.42 Å². The molecule has 0 heterocycles. The van der Waals surface area contributed by atoms with Crippen LogP contribution in [0.4, 0.5) is 0 Å². The highest BCUT2D eigenvalue weighted by molar-refractivity contribution is 7.91. The SMILES string of the molecule is CCOCCCC(N)CCCS(=O)(=O)CC. The average molecular weight is 251 g/mol. The number of hydrogen-bond acceptors (Lipinski definition) is 4. The molecule has 0 aromatic rings. The Hall–Kier alpha value is -0.130. The molecule has 0 aliphatic rings. The summed E-state index contributed by atoms with van der Waals surface area (Å²) in [4.78, 5) is 0. The molecule has 0 aromatic heterocycles. The summed E-state index contributed by atoms with van der Waals surface area (Å²) in [7, 11) is -2.82. The highest BCUT2D eigenvalue weighted by Gasteiger charge is 2.09. The zero-order valence-electron chi connectivity index (χ0n) is 10.4. The van der Waals surface area contributed by atoms with E-state index in [1.165, 1.54) is 0 Å². The Morgan fingerprint density at radius 3 is 2.38 bits per heavy atom. The second-order valence-electron chi connectivity index (χ2n) is 3.98. The first kappa shape index (κ1) is 15.9. The third kappa shape index (κ3) is 9.12. The number of hydrogen-bond donors (Lipinski definition) is 1. The van der Waals surface area contributed by atoms with Crippen LogP contribution in [0.5, 0.6) is 0 Å². The highest BCUT2D eigenvalue weighted by Crippen LogP contribution is 2.05. The molecule has 0 aliphatic carbocycles. The minimum Gasteiger partial charge on any atom is -0.382 e. The van der Waals surface area contributed by atoms with Crippen molar-refractivity contribution in [2.45, 2.75) is 45.6 Å². The van der Waals surface area contributed by atoms with Gasteiger partial charge in [-0.2, -0.15) is 0 Å². The van der Waals surface area contributed by atoms with E-state index in [0.717, 1.165) is 32.5 Å². The molecule has 5 heteroatoms. The summed E-state index contributed by atoms with van der Waals surface area (Å²) in [6.07, 6.45) is 3.32. The van der Waals surface area contributed by atoms with Crippen LogP contribution in [0, 0.1) is 0 Å². The van der Waals surface area contributed by atoms with E-state index in [1.54, 1.807) is 6.92 Å². The Balaban J connectivity index is 3.47. The van der Waals surface area contributed by atoms with Gasteiger partial charge in [-0.3, -0.25) is 0 Å². The van der Waals surface area contributed by atoms with Gasteiger partial charge in [0.2, 0.25) is 0 Å². The van der Waals surface area contributed by atoms with Crippen LogP contribution in [-0.2, 0) is 14.6 Å². The van der Waals surface area contributed by atoms with Crippen molar-refractivity contribution in [2.24, 2.45) is 5.73 Å². The monoisotopic (exact) mass is 251 g/mol. The summed E-state index contributed by atoms with van der Waals surface area (Å²) < 4.78 is 27.6. The van der Waals surface area contributed by atoms with Gasteiger partial charge in [0.25, 0.3) is 0 Å². The quantitative estimate of drug-likeness (QED) is 0.595. The van der Waals surface area contributed by atoms with Crippen molar-refractivity contribution < 1.29 is 13.2 Å². The molecular formula is C11H25NO3S. The van der Waals surface area contributed by atoms with Crippen LogP contribution in [0.25, 0.3) is 0 Å². The number of nitrogens with two attached hydrogens (primary N) is 1. The van der Waals surface area contributed by atoms with Gasteiger partial charge in [0, 0.05) is 25.0 Å². The summed E-state index contributed by atoms with van der Waals surface area (Å²) in [5.41, 5.74) is 5.88. The average Bonchev–Trinajstić information content (AvgIpc) is 2.24. The van der Waals surface area contributed by atoms with Gasteiger partial charge in [-0.25, -0.2) is 8.42 Å². The van der Waals surface area contributed by atoms with Crippen molar-refractivity contribution in [3.63, 3.8) is 0 Å². The van der Waals surface area contributed by atoms with E-state index in [-0.39, 0.29) is 17.5 Å². The Morgan fingerprint density at radius 1 is 1.19 bits per heavy atom. The van der Waals surface area contributed by atoms with E-state index in [1.807, 2.05) is 6.92 Å². The van der Waals surface area contributed by atoms with Gasteiger partial charge in [0.15, 0.2) is 0 Å². The maximum atomic E-state index is 11.2. The second kappa shape index (κ2) is 8.96. The lowest BCUT2D eigenvalue weighted by Crippen LogP contribution is -2.22. The summed E-state index contributed by atoms with van der Waals surface area (Å²) in [5.74, 6) is 0.495. The summed E-state index contributed by atoms with van der Waals surface area (Å²) in [5, 5.41) is 0. The topological polar surface area (TPSA) is 69.4 Å². The molecule has 1 atom stereocenters. The second-order valence-corrected chi connectivity index (χ2v) is 6.45. The predicted molar refractivity (Wildman–Crippen MR) is 67.3 cm³/mol.